The predicted molar refractivity (Wildman–Crippen MR) is 388 cm³/mol. The second-order valence-corrected chi connectivity index (χ2v) is 55.9. The van der Waals surface area contributed by atoms with E-state index in [1.807, 2.05) is 0 Å². The van der Waals surface area contributed by atoms with E-state index in [0.29, 0.717) is 58.2 Å². The Bertz CT molecular complexity index is 2440. The summed E-state index contributed by atoms with van der Waals surface area (Å²) in [5, 5.41) is 21.6. The molecule has 0 saturated heterocycles. The van der Waals surface area contributed by atoms with Crippen LogP contribution in [0.25, 0.3) is 0 Å². The summed E-state index contributed by atoms with van der Waals surface area (Å²) in [5.74, 6) is 4.70. The highest BCUT2D eigenvalue weighted by molar-refractivity contribution is 6.75. The summed E-state index contributed by atoms with van der Waals surface area (Å²) in [5.41, 5.74) is 8.99. The lowest BCUT2D eigenvalue weighted by Gasteiger charge is -2.45. The van der Waals surface area contributed by atoms with Crippen LogP contribution in [-0.2, 0) is 17.7 Å². The Balaban J connectivity index is 0.000000251. The maximum Gasteiger partial charge on any atom is 0.192 e. The third-order valence-electron chi connectivity index (χ3n) is 26.2. The first-order chi connectivity index (χ1) is 40.3. The van der Waals surface area contributed by atoms with Gasteiger partial charge in [0.15, 0.2) is 33.3 Å². The first kappa shape index (κ1) is 74.0. The molecular weight excluding hydrogens is 1150 g/mol. The molecule has 0 radical (unpaired) electrons. The van der Waals surface area contributed by atoms with Crippen molar-refractivity contribution in [1.82, 2.24) is 0 Å². The van der Waals surface area contributed by atoms with Crippen molar-refractivity contribution in [3.05, 3.63) is 95.2 Å². The van der Waals surface area contributed by atoms with Gasteiger partial charge in [-0.25, -0.2) is 0 Å². The van der Waals surface area contributed by atoms with Crippen molar-refractivity contribution in [3.63, 3.8) is 0 Å². The number of aliphatic hydroxyl groups excluding tert-OH is 2. The van der Waals surface area contributed by atoms with E-state index in [9.17, 15) is 10.2 Å². The first-order valence-electron chi connectivity index (χ1n) is 35.9. The molecular formula is C78H136O6Si4. The van der Waals surface area contributed by atoms with Gasteiger partial charge in [-0.2, -0.15) is 0 Å². The fourth-order valence-electron chi connectivity index (χ4n) is 15.9. The number of aliphatic hydroxyl groups is 2. The predicted octanol–water partition coefficient (Wildman–Crippen LogP) is 22.3. The standard InChI is InChI=1S/2C39H68O3Si2/c2*1-27(16-23-35(40)30-18-19-30)33-21-22-34-29(15-14-24-39(33,34)9)17-20-31-25-32(41-43(10,11)37(3,4)5)26-36(28(31)2)42-44(12,13)38(6,7)8/h2*16-17,20,23,27,30,32-36,40H,2,14-15,18-19,21-22,24-26H2,1,3-13H3/b2*23-16+,29-17+,31-20+/t27-,32-,33-,34+,35+,36+,39-;27-,32-,33-,34+,35-,36+,39-/m11/s1. The van der Waals surface area contributed by atoms with E-state index in [4.69, 9.17) is 17.7 Å². The fraction of sp³-hybridized carbons (Fsp3) is 0.795. The van der Waals surface area contributed by atoms with Gasteiger partial charge < -0.3 is 27.9 Å². The molecule has 2 N–H and O–H groups in total. The molecule has 8 saturated carbocycles. The molecule has 0 spiro atoms. The Labute approximate surface area is 546 Å². The summed E-state index contributed by atoms with van der Waals surface area (Å²) in [6.07, 6.45) is 39.9. The lowest BCUT2D eigenvalue weighted by molar-refractivity contribution is 0.0965. The molecule has 8 aliphatic rings. The number of rotatable bonds is 18. The molecule has 0 heterocycles. The number of hydrogen-bond donors (Lipinski definition) is 2. The van der Waals surface area contributed by atoms with Crippen molar-refractivity contribution in [1.29, 1.82) is 0 Å². The Morgan fingerprint density at radius 1 is 0.455 bits per heavy atom. The van der Waals surface area contributed by atoms with Gasteiger partial charge in [0, 0.05) is 12.8 Å². The van der Waals surface area contributed by atoms with Gasteiger partial charge in [-0.3, -0.25) is 0 Å². The molecule has 0 aliphatic heterocycles. The van der Waals surface area contributed by atoms with Crippen LogP contribution in [0.1, 0.15) is 226 Å². The molecule has 0 unspecified atom stereocenters. The van der Waals surface area contributed by atoms with E-state index in [1.54, 1.807) is 11.1 Å². The highest BCUT2D eigenvalue weighted by Crippen LogP contribution is 2.61. The molecule has 88 heavy (non-hydrogen) atoms. The first-order valence-corrected chi connectivity index (χ1v) is 47.6. The van der Waals surface area contributed by atoms with Crippen molar-refractivity contribution < 1.29 is 27.9 Å². The monoisotopic (exact) mass is 1280 g/mol. The topological polar surface area (TPSA) is 77.4 Å². The zero-order valence-electron chi connectivity index (χ0n) is 61.4. The molecule has 8 aliphatic carbocycles. The van der Waals surface area contributed by atoms with E-state index >= 15 is 0 Å². The van der Waals surface area contributed by atoms with E-state index in [-0.39, 0.29) is 56.8 Å². The zero-order valence-corrected chi connectivity index (χ0v) is 65.4. The van der Waals surface area contributed by atoms with Crippen molar-refractivity contribution in [2.24, 2.45) is 58.2 Å². The minimum absolute atomic E-state index is 0.0233. The minimum atomic E-state index is -1.98. The Morgan fingerprint density at radius 3 is 1.06 bits per heavy atom. The second-order valence-electron chi connectivity index (χ2n) is 36.9. The Hall–Kier alpha value is -1.45. The van der Waals surface area contributed by atoms with Crippen LogP contribution in [-0.4, -0.2) is 80.1 Å². The third kappa shape index (κ3) is 17.3. The summed E-state index contributed by atoms with van der Waals surface area (Å²) < 4.78 is 28.3. The van der Waals surface area contributed by atoms with E-state index in [0.717, 1.165) is 25.7 Å². The van der Waals surface area contributed by atoms with Crippen LogP contribution in [0.3, 0.4) is 0 Å². The largest absolute Gasteiger partial charge is 0.413 e. The molecule has 0 amide bonds. The molecule has 500 valence electrons. The average molecular weight is 1280 g/mol. The van der Waals surface area contributed by atoms with Crippen molar-refractivity contribution >= 4 is 33.3 Å². The van der Waals surface area contributed by atoms with Crippen LogP contribution >= 0.6 is 0 Å². The molecule has 6 nitrogen and oxygen atoms in total. The summed E-state index contributed by atoms with van der Waals surface area (Å²) >= 11 is 0. The van der Waals surface area contributed by atoms with Crippen molar-refractivity contribution in [2.45, 2.75) is 336 Å². The van der Waals surface area contributed by atoms with Crippen molar-refractivity contribution in [2.75, 3.05) is 0 Å². The van der Waals surface area contributed by atoms with Crippen LogP contribution in [0, 0.1) is 58.2 Å². The maximum atomic E-state index is 10.5. The minimum Gasteiger partial charge on any atom is -0.413 e. The summed E-state index contributed by atoms with van der Waals surface area (Å²) in [6, 6.07) is 0. The van der Waals surface area contributed by atoms with Gasteiger partial charge in [0.2, 0.25) is 0 Å². The van der Waals surface area contributed by atoms with Crippen LogP contribution in [0.2, 0.25) is 72.5 Å². The van der Waals surface area contributed by atoms with Gasteiger partial charge in [-0.1, -0.05) is 184 Å². The highest BCUT2D eigenvalue weighted by atomic mass is 28.4. The quantitative estimate of drug-likeness (QED) is 0.105. The van der Waals surface area contributed by atoms with Gasteiger partial charge in [0.05, 0.1) is 36.6 Å². The molecule has 0 aromatic rings. The number of allylic oxidation sites excluding steroid dienone is 8. The summed E-state index contributed by atoms with van der Waals surface area (Å²) in [7, 11) is -7.80. The lowest BCUT2D eigenvalue weighted by atomic mass is 9.61. The number of fused-ring (bicyclic) bond motifs is 2. The summed E-state index contributed by atoms with van der Waals surface area (Å²) in [6.45, 7) is 66.3. The third-order valence-corrected chi connectivity index (χ3v) is 44.3. The molecule has 14 atom stereocenters. The maximum absolute atomic E-state index is 10.5. The fourth-order valence-corrected chi connectivity index (χ4v) is 21.2. The molecule has 0 aromatic heterocycles. The Kier molecular flexibility index (Phi) is 23.3. The molecule has 8 rings (SSSR count). The van der Waals surface area contributed by atoms with Gasteiger partial charge in [0.1, 0.15) is 0 Å². The zero-order chi connectivity index (χ0) is 65.8. The van der Waals surface area contributed by atoms with E-state index < -0.39 is 33.3 Å². The van der Waals surface area contributed by atoms with Gasteiger partial charge >= 0.3 is 0 Å². The van der Waals surface area contributed by atoms with Gasteiger partial charge in [-0.05, 0) is 256 Å². The van der Waals surface area contributed by atoms with Gasteiger partial charge in [-0.15, -0.1) is 0 Å². The lowest BCUT2D eigenvalue weighted by Crippen LogP contribution is -2.49. The number of hydrogen-bond acceptors (Lipinski definition) is 6. The van der Waals surface area contributed by atoms with Crippen molar-refractivity contribution in [3.8, 4) is 0 Å². The van der Waals surface area contributed by atoms with E-state index in [1.165, 1.54) is 112 Å². The molecule has 10 heteroatoms. The average Bonchev–Trinajstić information content (AvgIpc) is 4.38. The SMILES string of the molecule is C=C1/C(=C/C=C2\CCC[C@]3(C)[C@@H]([C@H](C)/C=C/[C@@H](O)C4CC4)CC[C@@H]23)C[C@@H](O[Si](C)(C)C(C)(C)C)C[C@@H]1O[Si](C)(C)C(C)(C)C.C=C1/C(=C/C=C2\CCC[C@]3(C)[C@@H]([C@H](C)/C=C/[C@H](O)C4CC4)CC[C@@H]23)C[C@@H](O[Si](C)(C)C(C)(C)C)C[C@@H]1O[Si](C)(C)C(C)(C)C. The second kappa shape index (κ2) is 27.7. The van der Waals surface area contributed by atoms with Crippen LogP contribution in [0.15, 0.2) is 95.2 Å². The van der Waals surface area contributed by atoms with Crippen LogP contribution in [0.4, 0.5) is 0 Å². The highest BCUT2D eigenvalue weighted by Gasteiger charge is 2.53. The summed E-state index contributed by atoms with van der Waals surface area (Å²) in [4.78, 5) is 0. The smallest absolute Gasteiger partial charge is 0.192 e. The Morgan fingerprint density at radius 2 is 0.761 bits per heavy atom. The molecule has 0 bridgehead atoms. The molecule has 0 aromatic carbocycles. The van der Waals surface area contributed by atoms with E-state index in [2.05, 4.69) is 225 Å². The molecule has 8 fully saturated rings. The van der Waals surface area contributed by atoms with Crippen LogP contribution in [0.5, 0.6) is 0 Å². The van der Waals surface area contributed by atoms with Crippen LogP contribution < -0.4 is 0 Å². The van der Waals surface area contributed by atoms with Gasteiger partial charge in [0.25, 0.3) is 0 Å². The normalized spacial score (nSPS) is 34.2.